The molecule has 9 heteroatoms. The second-order valence-corrected chi connectivity index (χ2v) is 19.8. The number of methoxy groups -OCH3 is 1. The van der Waals surface area contributed by atoms with Crippen molar-refractivity contribution in [1.29, 1.82) is 0 Å². The molecule has 11 aromatic rings. The number of aromatic nitrogens is 4. The molecule has 1 aliphatic rings. The molecule has 0 bridgehead atoms. The number of hydrogen-bond acceptors (Lipinski definition) is 7. The van der Waals surface area contributed by atoms with Crippen LogP contribution in [0.3, 0.4) is 0 Å². The molecule has 1 aliphatic carbocycles. The van der Waals surface area contributed by atoms with Crippen LogP contribution in [0.1, 0.15) is 62.5 Å². The van der Waals surface area contributed by atoms with Crippen molar-refractivity contribution >= 4 is 17.1 Å². The van der Waals surface area contributed by atoms with E-state index in [0.29, 0.717) is 17.6 Å². The lowest BCUT2D eigenvalue weighted by molar-refractivity contribution is -0.113. The van der Waals surface area contributed by atoms with Crippen LogP contribution in [0, 0.1) is 5.92 Å². The minimum Gasteiger partial charge on any atom is -0.479 e. The van der Waals surface area contributed by atoms with Crippen molar-refractivity contribution in [2.45, 2.75) is 41.5 Å². The fraction of sp³-hybridized carbons (Fsp3) is 0.145. The third-order valence-electron chi connectivity index (χ3n) is 15.5. The van der Waals surface area contributed by atoms with Crippen molar-refractivity contribution in [3.05, 3.63) is 329 Å². The third-order valence-corrected chi connectivity index (χ3v) is 15.5. The Hall–Kier alpha value is -9.02. The van der Waals surface area contributed by atoms with Gasteiger partial charge in [-0.2, -0.15) is 9.97 Å². The van der Waals surface area contributed by atoms with Crippen molar-refractivity contribution in [2.24, 2.45) is 5.92 Å². The third kappa shape index (κ3) is 9.00. The van der Waals surface area contributed by atoms with Gasteiger partial charge < -0.3 is 24.1 Å². The SMILES string of the molecule is COc1nc(NC(c2ccccc2)(c2ccccc2)c2ccccc2)nc2c1ncn2[C@@H]1C[C@H](COC(c2ccccc2)(c2ccccc2)c2ccccc2)[C@@H](OC(c2ccccc2)(c2ccccc2)c2ccccc2)[C@@H]1F. The highest BCUT2D eigenvalue weighted by Gasteiger charge is 2.53. The van der Waals surface area contributed by atoms with E-state index < -0.39 is 41.0 Å². The van der Waals surface area contributed by atoms with Crippen LogP contribution in [0.4, 0.5) is 10.3 Å². The van der Waals surface area contributed by atoms with Gasteiger partial charge in [0, 0.05) is 5.92 Å². The summed E-state index contributed by atoms with van der Waals surface area (Å²) in [5.74, 6) is -0.00917. The Morgan fingerprint density at radius 1 is 0.474 bits per heavy atom. The molecule has 0 radical (unpaired) electrons. The number of halogens is 1. The van der Waals surface area contributed by atoms with Crippen LogP contribution < -0.4 is 10.1 Å². The quantitative estimate of drug-likeness (QED) is 0.0857. The zero-order chi connectivity index (χ0) is 52.8. The van der Waals surface area contributed by atoms with Gasteiger partial charge in [0.15, 0.2) is 11.2 Å². The number of imidazole rings is 1. The fourth-order valence-corrected chi connectivity index (χ4v) is 11.9. The predicted molar refractivity (Wildman–Crippen MR) is 306 cm³/mol. The Labute approximate surface area is 454 Å². The van der Waals surface area contributed by atoms with Gasteiger partial charge in [-0.15, -0.1) is 0 Å². The van der Waals surface area contributed by atoms with Gasteiger partial charge in [-0.25, -0.2) is 9.37 Å². The van der Waals surface area contributed by atoms with Gasteiger partial charge in [-0.1, -0.05) is 273 Å². The maximum Gasteiger partial charge on any atom is 0.246 e. The van der Waals surface area contributed by atoms with E-state index in [4.69, 9.17) is 29.2 Å². The van der Waals surface area contributed by atoms with Crippen LogP contribution in [-0.2, 0) is 26.2 Å². The maximum absolute atomic E-state index is 19.2. The zero-order valence-corrected chi connectivity index (χ0v) is 43.2. The van der Waals surface area contributed by atoms with Gasteiger partial charge in [0.25, 0.3) is 0 Å². The summed E-state index contributed by atoms with van der Waals surface area (Å²) < 4.78 is 42.5. The van der Waals surface area contributed by atoms with Crippen molar-refractivity contribution in [1.82, 2.24) is 19.5 Å². The molecule has 4 atom stereocenters. The minimum atomic E-state index is -1.61. The molecular weight excluding hydrogens is 966 g/mol. The van der Waals surface area contributed by atoms with E-state index in [9.17, 15) is 0 Å². The summed E-state index contributed by atoms with van der Waals surface area (Å²) in [5, 5.41) is 3.83. The largest absolute Gasteiger partial charge is 0.479 e. The normalized spacial score (nSPS) is 16.7. The summed E-state index contributed by atoms with van der Waals surface area (Å²) in [6, 6.07) is 91.3. The number of ether oxygens (including phenoxy) is 3. The lowest BCUT2D eigenvalue weighted by Crippen LogP contribution is -2.43. The molecule has 0 spiro atoms. The maximum atomic E-state index is 19.2. The fourth-order valence-electron chi connectivity index (χ4n) is 11.9. The van der Waals surface area contributed by atoms with Crippen LogP contribution in [0.25, 0.3) is 11.2 Å². The number of nitrogens with zero attached hydrogens (tertiary/aromatic N) is 4. The summed E-state index contributed by atoms with van der Waals surface area (Å²) in [6.45, 7) is 0.111. The molecule has 8 nitrogen and oxygen atoms in total. The van der Waals surface area contributed by atoms with Gasteiger partial charge >= 0.3 is 0 Å². The second-order valence-electron chi connectivity index (χ2n) is 19.8. The topological polar surface area (TPSA) is 83.3 Å². The molecule has 1 saturated carbocycles. The Morgan fingerprint density at radius 3 is 1.18 bits per heavy atom. The number of hydrogen-bond donors (Lipinski definition) is 1. The molecule has 78 heavy (non-hydrogen) atoms. The molecule has 2 heterocycles. The molecule has 0 unspecified atom stereocenters. The summed E-state index contributed by atoms with van der Waals surface area (Å²) >= 11 is 0. The molecule has 0 aliphatic heterocycles. The number of fused-ring (bicyclic) bond motifs is 1. The van der Waals surface area contributed by atoms with Crippen molar-refractivity contribution < 1.29 is 18.6 Å². The average molecular weight is 1020 g/mol. The lowest BCUT2D eigenvalue weighted by atomic mass is 9.77. The van der Waals surface area contributed by atoms with Gasteiger partial charge in [0.1, 0.15) is 22.9 Å². The molecule has 9 aromatic carbocycles. The van der Waals surface area contributed by atoms with E-state index >= 15 is 4.39 Å². The summed E-state index contributed by atoms with van der Waals surface area (Å²) in [4.78, 5) is 15.2. The second kappa shape index (κ2) is 21.9. The van der Waals surface area contributed by atoms with Crippen LogP contribution in [0.2, 0.25) is 0 Å². The summed E-state index contributed by atoms with van der Waals surface area (Å²) in [6.07, 6.45) is -0.683. The molecule has 0 saturated heterocycles. The molecule has 384 valence electrons. The average Bonchev–Trinajstić information content (AvgIpc) is 4.23. The van der Waals surface area contributed by atoms with E-state index in [1.54, 1.807) is 13.4 Å². The van der Waals surface area contributed by atoms with Crippen molar-refractivity contribution in [3.8, 4) is 5.88 Å². The molecule has 12 rings (SSSR count). The first-order valence-electron chi connectivity index (χ1n) is 26.6. The Kier molecular flexibility index (Phi) is 14.0. The Balaban J connectivity index is 1.03. The molecule has 1 N–H and O–H groups in total. The number of benzene rings is 9. The Bertz CT molecular complexity index is 3390. The van der Waals surface area contributed by atoms with Gasteiger partial charge in [-0.05, 0) is 56.5 Å². The standard InChI is InChI=1S/C69H58FN5O3/c1-76-65-62-64(72-66(73-65)74-67(51-29-11-2-12-30-51,52-31-13-3-14-32-52)53-33-15-4-16-34-53)75(49-71-62)60-47-50(48-77-68(54-35-17-5-18-36-54,55-37-19-6-20-38-55)56-39-21-7-22-40-56)63(61(60)70)78-69(57-41-23-8-24-42-57,58-43-25-9-26-44-58)59-45-27-10-28-46-59/h2-46,49-50,60-61,63H,47-48H2,1H3,(H,72,73,74)/t50-,60-,61-,63-/m1/s1. The van der Waals surface area contributed by atoms with Gasteiger partial charge in [-0.3, -0.25) is 0 Å². The lowest BCUT2D eigenvalue weighted by Gasteiger charge is -2.41. The highest BCUT2D eigenvalue weighted by Crippen LogP contribution is 2.50. The molecule has 1 fully saturated rings. The number of rotatable bonds is 18. The molecular formula is C69H58FN5O3. The molecule has 0 amide bonds. The van der Waals surface area contributed by atoms with E-state index in [1.807, 2.05) is 168 Å². The van der Waals surface area contributed by atoms with E-state index in [1.165, 1.54) is 0 Å². The highest BCUT2D eigenvalue weighted by molar-refractivity contribution is 5.78. The Morgan fingerprint density at radius 2 is 0.821 bits per heavy atom. The first-order valence-corrected chi connectivity index (χ1v) is 26.6. The first-order chi connectivity index (χ1) is 38.5. The van der Waals surface area contributed by atoms with Gasteiger partial charge in [0.05, 0.1) is 32.2 Å². The number of anilines is 1. The smallest absolute Gasteiger partial charge is 0.246 e. The van der Waals surface area contributed by atoms with Crippen molar-refractivity contribution in [2.75, 3.05) is 19.0 Å². The van der Waals surface area contributed by atoms with Gasteiger partial charge in [0.2, 0.25) is 11.8 Å². The predicted octanol–water partition coefficient (Wildman–Crippen LogP) is 14.5. The minimum absolute atomic E-state index is 0.111. The monoisotopic (exact) mass is 1020 g/mol. The van der Waals surface area contributed by atoms with E-state index in [0.717, 1.165) is 50.1 Å². The zero-order valence-electron chi connectivity index (χ0n) is 43.2. The summed E-state index contributed by atoms with van der Waals surface area (Å²) in [5.41, 5.74) is 5.85. The van der Waals surface area contributed by atoms with Crippen molar-refractivity contribution in [3.63, 3.8) is 0 Å². The molecule has 2 aromatic heterocycles. The number of alkyl halides is 1. The van der Waals surface area contributed by atoms with Crippen LogP contribution in [0.5, 0.6) is 5.88 Å². The van der Waals surface area contributed by atoms with E-state index in [2.05, 4.69) is 115 Å². The van der Waals surface area contributed by atoms with E-state index in [-0.39, 0.29) is 18.4 Å². The summed E-state index contributed by atoms with van der Waals surface area (Å²) in [7, 11) is 1.57. The number of nitrogens with one attached hydrogen (secondary N) is 1. The van der Waals surface area contributed by atoms with Crippen LogP contribution in [-0.4, -0.2) is 45.5 Å². The van der Waals surface area contributed by atoms with Crippen LogP contribution in [0.15, 0.2) is 279 Å². The highest BCUT2D eigenvalue weighted by atomic mass is 19.1. The van der Waals surface area contributed by atoms with Crippen LogP contribution >= 0.6 is 0 Å². The first kappa shape index (κ1) is 49.8.